The van der Waals surface area contributed by atoms with Gasteiger partial charge in [-0.3, -0.25) is 15.1 Å². The molecule has 0 bridgehead atoms. The minimum Gasteiger partial charge on any atom is -0.506 e. The van der Waals surface area contributed by atoms with Crippen molar-refractivity contribution >= 4 is 45.0 Å². The van der Waals surface area contributed by atoms with Crippen molar-refractivity contribution in [3.05, 3.63) is 59.3 Å². The number of nitrogens with one attached hydrogen (secondary N) is 2. The Labute approximate surface area is 183 Å². The van der Waals surface area contributed by atoms with Crippen molar-refractivity contribution in [2.45, 2.75) is 0 Å². The normalized spacial score (nSPS) is 11.5. The average Bonchev–Trinajstić information content (AvgIpc) is 3.50. The van der Waals surface area contributed by atoms with Gasteiger partial charge in [0, 0.05) is 18.0 Å². The van der Waals surface area contributed by atoms with Gasteiger partial charge in [0.25, 0.3) is 0 Å². The molecule has 0 aromatic carbocycles. The average molecular weight is 446 g/mol. The molecule has 0 radical (unpaired) electrons. The first-order chi connectivity index (χ1) is 15.2. The Balaban J connectivity index is 1.51. The maximum absolute atomic E-state index is 9.75. The minimum atomic E-state index is 0.0813. The molecule has 8 nitrogen and oxygen atoms in total. The van der Waals surface area contributed by atoms with Crippen LogP contribution in [-0.2, 0) is 0 Å². The highest BCUT2D eigenvalue weighted by Gasteiger charge is 2.18. The van der Waals surface area contributed by atoms with Crippen molar-refractivity contribution in [3.63, 3.8) is 0 Å². The van der Waals surface area contributed by atoms with Gasteiger partial charge in [-0.2, -0.15) is 5.10 Å². The molecular weight excluding hydrogens is 434 g/mol. The third-order valence-corrected chi connectivity index (χ3v) is 6.10. The van der Waals surface area contributed by atoms with Gasteiger partial charge in [-0.25, -0.2) is 9.97 Å². The summed E-state index contributed by atoms with van der Waals surface area (Å²) >= 11 is 7.56. The standard InChI is InChI=1S/C21H12ClN7OS/c22-16-4-3-15(31-16)19-17-13(5-6-24-19)26-21(27-17)20-18-14(28-29-20)2-1-12(25-18)10-7-11(30)9-23-8-10/h1-9,30H,(H,26,27)(H,28,29). The van der Waals surface area contributed by atoms with Crippen molar-refractivity contribution in [3.8, 4) is 39.1 Å². The summed E-state index contributed by atoms with van der Waals surface area (Å²) in [5.41, 5.74) is 5.75. The number of thiophene rings is 1. The van der Waals surface area contributed by atoms with Crippen LogP contribution in [0.3, 0.4) is 0 Å². The van der Waals surface area contributed by atoms with Crippen LogP contribution in [0.15, 0.2) is 55.0 Å². The molecule has 0 aliphatic rings. The van der Waals surface area contributed by atoms with Gasteiger partial charge in [0.1, 0.15) is 22.5 Å². The molecule has 0 atom stereocenters. The molecule has 10 heteroatoms. The second-order valence-corrected chi connectivity index (χ2v) is 8.56. The molecule has 3 N–H and O–H groups in total. The highest BCUT2D eigenvalue weighted by Crippen LogP contribution is 2.35. The molecule has 150 valence electrons. The molecule has 0 aliphatic carbocycles. The molecule has 0 unspecified atom stereocenters. The highest BCUT2D eigenvalue weighted by atomic mass is 35.5. The summed E-state index contributed by atoms with van der Waals surface area (Å²) in [5.74, 6) is 0.662. The predicted octanol–water partition coefficient (Wildman–Crippen LogP) is 5.05. The molecule has 0 saturated heterocycles. The Morgan fingerprint density at radius 3 is 2.68 bits per heavy atom. The topological polar surface area (TPSA) is 116 Å². The van der Waals surface area contributed by atoms with Gasteiger partial charge < -0.3 is 10.1 Å². The van der Waals surface area contributed by atoms with E-state index in [-0.39, 0.29) is 5.75 Å². The number of pyridine rings is 3. The van der Waals surface area contributed by atoms with Gasteiger partial charge in [0.15, 0.2) is 11.5 Å². The number of aromatic nitrogens is 7. The van der Waals surface area contributed by atoms with E-state index < -0.39 is 0 Å². The lowest BCUT2D eigenvalue weighted by Crippen LogP contribution is -1.87. The van der Waals surface area contributed by atoms with Crippen LogP contribution in [0.5, 0.6) is 5.75 Å². The smallest absolute Gasteiger partial charge is 0.161 e. The number of hydrogen-bond acceptors (Lipinski definition) is 7. The predicted molar refractivity (Wildman–Crippen MR) is 120 cm³/mol. The van der Waals surface area contributed by atoms with Gasteiger partial charge in [-0.1, -0.05) is 11.6 Å². The van der Waals surface area contributed by atoms with E-state index in [9.17, 15) is 5.11 Å². The molecular formula is C21H12ClN7OS. The number of aromatic hydroxyl groups is 1. The third kappa shape index (κ3) is 3.02. The molecule has 31 heavy (non-hydrogen) atoms. The van der Waals surface area contributed by atoms with Crippen LogP contribution in [0.4, 0.5) is 0 Å². The van der Waals surface area contributed by atoms with E-state index in [1.807, 2.05) is 30.3 Å². The zero-order valence-corrected chi connectivity index (χ0v) is 17.2. The summed E-state index contributed by atoms with van der Waals surface area (Å²) in [6.45, 7) is 0. The Morgan fingerprint density at radius 2 is 1.84 bits per heavy atom. The molecule has 6 aromatic rings. The molecule has 0 fully saturated rings. The fraction of sp³-hybridized carbons (Fsp3) is 0. The minimum absolute atomic E-state index is 0.0813. The molecule has 0 aliphatic heterocycles. The van der Waals surface area contributed by atoms with E-state index in [1.54, 1.807) is 18.5 Å². The maximum Gasteiger partial charge on any atom is 0.161 e. The molecule has 0 spiro atoms. The second kappa shape index (κ2) is 6.86. The fourth-order valence-corrected chi connectivity index (χ4v) is 4.50. The van der Waals surface area contributed by atoms with E-state index in [2.05, 4.69) is 25.1 Å². The zero-order chi connectivity index (χ0) is 20.9. The number of hydrogen-bond donors (Lipinski definition) is 3. The van der Waals surface area contributed by atoms with Crippen LogP contribution in [0, 0.1) is 0 Å². The number of aromatic amines is 2. The summed E-state index contributed by atoms with van der Waals surface area (Å²) in [4.78, 5) is 22.3. The first-order valence-electron chi connectivity index (χ1n) is 9.26. The third-order valence-electron chi connectivity index (χ3n) is 4.86. The van der Waals surface area contributed by atoms with Gasteiger partial charge >= 0.3 is 0 Å². The molecule has 6 rings (SSSR count). The monoisotopic (exact) mass is 445 g/mol. The first kappa shape index (κ1) is 18.0. The molecule has 0 saturated carbocycles. The van der Waals surface area contributed by atoms with Crippen LogP contribution in [0.25, 0.3) is 55.4 Å². The van der Waals surface area contributed by atoms with Crippen molar-refractivity contribution in [1.82, 2.24) is 35.1 Å². The molecule has 6 aromatic heterocycles. The van der Waals surface area contributed by atoms with Crippen molar-refractivity contribution < 1.29 is 5.11 Å². The Hall–Kier alpha value is -3.82. The first-order valence-corrected chi connectivity index (χ1v) is 10.5. The van der Waals surface area contributed by atoms with Gasteiger partial charge in [-0.15, -0.1) is 11.3 Å². The largest absolute Gasteiger partial charge is 0.506 e. The van der Waals surface area contributed by atoms with Gasteiger partial charge in [0.05, 0.1) is 32.1 Å². The Morgan fingerprint density at radius 1 is 0.935 bits per heavy atom. The van der Waals surface area contributed by atoms with E-state index in [0.717, 1.165) is 27.1 Å². The second-order valence-electron chi connectivity index (χ2n) is 6.84. The van der Waals surface area contributed by atoms with E-state index in [1.165, 1.54) is 17.5 Å². The van der Waals surface area contributed by atoms with Crippen molar-refractivity contribution in [2.75, 3.05) is 0 Å². The zero-order valence-electron chi connectivity index (χ0n) is 15.7. The van der Waals surface area contributed by atoms with E-state index in [0.29, 0.717) is 32.6 Å². The van der Waals surface area contributed by atoms with E-state index >= 15 is 0 Å². The van der Waals surface area contributed by atoms with E-state index in [4.69, 9.17) is 21.6 Å². The number of H-pyrrole nitrogens is 2. The van der Waals surface area contributed by atoms with Crippen LogP contribution in [-0.4, -0.2) is 40.2 Å². The number of rotatable bonds is 3. The van der Waals surface area contributed by atoms with Crippen molar-refractivity contribution in [1.29, 1.82) is 0 Å². The molecule has 0 amide bonds. The van der Waals surface area contributed by atoms with Crippen LogP contribution in [0.2, 0.25) is 4.34 Å². The number of fused-ring (bicyclic) bond motifs is 2. The van der Waals surface area contributed by atoms with Crippen LogP contribution >= 0.6 is 22.9 Å². The van der Waals surface area contributed by atoms with Crippen LogP contribution < -0.4 is 0 Å². The summed E-state index contributed by atoms with van der Waals surface area (Å²) in [6.07, 6.45) is 4.77. The quantitative estimate of drug-likeness (QED) is 0.351. The highest BCUT2D eigenvalue weighted by molar-refractivity contribution is 7.19. The lowest BCUT2D eigenvalue weighted by Gasteiger charge is -2.01. The lowest BCUT2D eigenvalue weighted by molar-refractivity contribution is 0.473. The fourth-order valence-electron chi connectivity index (χ4n) is 3.46. The van der Waals surface area contributed by atoms with Gasteiger partial charge in [0.2, 0.25) is 0 Å². The SMILES string of the molecule is Oc1cncc(-c2ccc3[nH]nc(-c4nc5c(-c6ccc(Cl)s6)nccc5[nH]4)c3n2)c1. The van der Waals surface area contributed by atoms with Crippen molar-refractivity contribution in [2.24, 2.45) is 0 Å². The molecule has 6 heterocycles. The summed E-state index contributed by atoms with van der Waals surface area (Å²) in [7, 11) is 0. The Bertz CT molecular complexity index is 1590. The Kier molecular flexibility index (Phi) is 3.98. The summed E-state index contributed by atoms with van der Waals surface area (Å²) < 4.78 is 0.695. The maximum atomic E-state index is 9.75. The summed E-state index contributed by atoms with van der Waals surface area (Å²) in [6, 6.07) is 11.0. The summed E-state index contributed by atoms with van der Waals surface area (Å²) in [5, 5.41) is 17.2. The number of imidazole rings is 1. The number of nitrogens with zero attached hydrogens (tertiary/aromatic N) is 5. The number of halogens is 1. The lowest BCUT2D eigenvalue weighted by atomic mass is 10.1. The van der Waals surface area contributed by atoms with Crippen LogP contribution in [0.1, 0.15) is 0 Å². The van der Waals surface area contributed by atoms with Gasteiger partial charge in [-0.05, 0) is 36.4 Å².